The summed E-state index contributed by atoms with van der Waals surface area (Å²) in [4.78, 5) is 14.7. The number of benzene rings is 2. The van der Waals surface area contributed by atoms with Crippen LogP contribution >= 0.6 is 0 Å². The fourth-order valence-electron chi connectivity index (χ4n) is 3.30. The number of para-hydroxylation sites is 2. The molecule has 1 fully saturated rings. The number of piperidine rings is 1. The van der Waals surface area contributed by atoms with Crippen molar-refractivity contribution < 1.29 is 9.53 Å². The number of carbonyl (C=O) groups is 1. The first kappa shape index (κ1) is 19.1. The van der Waals surface area contributed by atoms with Gasteiger partial charge in [-0.1, -0.05) is 19.1 Å². The minimum Gasteiger partial charge on any atom is -0.492 e. The second-order valence-electron chi connectivity index (χ2n) is 7.05. The molecular weight excluding hydrogens is 338 g/mol. The van der Waals surface area contributed by atoms with Crippen LogP contribution in [0.1, 0.15) is 26.7 Å². The van der Waals surface area contributed by atoms with Gasteiger partial charge in [0.1, 0.15) is 5.75 Å². The molecule has 1 amide bonds. The van der Waals surface area contributed by atoms with Crippen LogP contribution < -0.4 is 20.3 Å². The average molecular weight is 367 g/mol. The molecule has 1 aliphatic rings. The fraction of sp³-hybridized carbons (Fsp3) is 0.409. The topological polar surface area (TPSA) is 53.6 Å². The molecule has 0 atom stereocenters. The summed E-state index contributed by atoms with van der Waals surface area (Å²) in [6, 6.07) is 15.8. The number of ether oxygens (including phenoxy) is 1. The second kappa shape index (κ2) is 9.31. The van der Waals surface area contributed by atoms with Crippen molar-refractivity contribution in [2.75, 3.05) is 41.8 Å². The number of hydrogen-bond donors (Lipinski definition) is 2. The monoisotopic (exact) mass is 367 g/mol. The zero-order valence-corrected chi connectivity index (χ0v) is 16.2. The molecule has 0 radical (unpaired) electrons. The Morgan fingerprint density at radius 3 is 2.52 bits per heavy atom. The van der Waals surface area contributed by atoms with Crippen LogP contribution in [0.25, 0.3) is 0 Å². The molecule has 0 bridgehead atoms. The largest absolute Gasteiger partial charge is 0.492 e. The molecule has 0 unspecified atom stereocenters. The van der Waals surface area contributed by atoms with E-state index in [4.69, 9.17) is 4.74 Å². The van der Waals surface area contributed by atoms with Crippen LogP contribution in [0.4, 0.5) is 17.1 Å². The van der Waals surface area contributed by atoms with Gasteiger partial charge in [-0.05, 0) is 62.1 Å². The molecule has 2 aromatic rings. The van der Waals surface area contributed by atoms with Gasteiger partial charge in [0.05, 0.1) is 18.8 Å². The van der Waals surface area contributed by atoms with Crippen LogP contribution in [-0.2, 0) is 4.79 Å². The van der Waals surface area contributed by atoms with Crippen LogP contribution in [0.5, 0.6) is 5.75 Å². The van der Waals surface area contributed by atoms with Crippen LogP contribution in [0.3, 0.4) is 0 Å². The highest BCUT2D eigenvalue weighted by molar-refractivity contribution is 5.94. The quantitative estimate of drug-likeness (QED) is 0.763. The maximum Gasteiger partial charge on any atom is 0.243 e. The van der Waals surface area contributed by atoms with E-state index in [9.17, 15) is 4.79 Å². The predicted molar refractivity (Wildman–Crippen MR) is 112 cm³/mol. The van der Waals surface area contributed by atoms with Crippen molar-refractivity contribution in [3.05, 3.63) is 48.5 Å². The highest BCUT2D eigenvalue weighted by Crippen LogP contribution is 2.25. The van der Waals surface area contributed by atoms with Gasteiger partial charge in [-0.15, -0.1) is 0 Å². The van der Waals surface area contributed by atoms with Gasteiger partial charge in [-0.2, -0.15) is 0 Å². The summed E-state index contributed by atoms with van der Waals surface area (Å²) in [6.07, 6.45) is 2.49. The SMILES string of the molecule is CCOc1ccccc1NCC(=O)Nc1ccc(N2CCC(C)CC2)cc1. The predicted octanol–water partition coefficient (Wildman–Crippen LogP) is 4.37. The second-order valence-corrected chi connectivity index (χ2v) is 7.05. The van der Waals surface area contributed by atoms with Crippen molar-refractivity contribution in [1.29, 1.82) is 0 Å². The molecule has 2 N–H and O–H groups in total. The number of nitrogens with one attached hydrogen (secondary N) is 2. The molecule has 0 saturated carbocycles. The summed E-state index contributed by atoms with van der Waals surface area (Å²) in [5.41, 5.74) is 2.86. The molecule has 1 heterocycles. The summed E-state index contributed by atoms with van der Waals surface area (Å²) in [5, 5.41) is 6.08. The Labute approximate surface area is 161 Å². The number of hydrogen-bond acceptors (Lipinski definition) is 4. The molecule has 27 heavy (non-hydrogen) atoms. The van der Waals surface area contributed by atoms with Gasteiger partial charge in [-0.3, -0.25) is 4.79 Å². The molecule has 2 aromatic carbocycles. The first-order valence-electron chi connectivity index (χ1n) is 9.76. The first-order valence-corrected chi connectivity index (χ1v) is 9.76. The van der Waals surface area contributed by atoms with E-state index < -0.39 is 0 Å². The van der Waals surface area contributed by atoms with Gasteiger partial charge < -0.3 is 20.3 Å². The number of amides is 1. The molecule has 144 valence electrons. The zero-order valence-electron chi connectivity index (χ0n) is 16.2. The Bertz CT molecular complexity index is 737. The molecule has 5 nitrogen and oxygen atoms in total. The highest BCUT2D eigenvalue weighted by Gasteiger charge is 2.16. The Hall–Kier alpha value is -2.69. The Balaban J connectivity index is 1.51. The smallest absolute Gasteiger partial charge is 0.243 e. The van der Waals surface area contributed by atoms with Crippen molar-refractivity contribution in [2.45, 2.75) is 26.7 Å². The van der Waals surface area contributed by atoms with Crippen LogP contribution in [0, 0.1) is 5.92 Å². The minimum atomic E-state index is -0.0825. The molecule has 1 aliphatic heterocycles. The lowest BCUT2D eigenvalue weighted by molar-refractivity contribution is -0.114. The number of nitrogens with zero attached hydrogens (tertiary/aromatic N) is 1. The van der Waals surface area contributed by atoms with Crippen molar-refractivity contribution >= 4 is 23.0 Å². The van der Waals surface area contributed by atoms with Gasteiger partial charge in [0, 0.05) is 24.5 Å². The Morgan fingerprint density at radius 2 is 1.81 bits per heavy atom. The summed E-state index contributed by atoms with van der Waals surface area (Å²) >= 11 is 0. The van der Waals surface area contributed by atoms with Gasteiger partial charge >= 0.3 is 0 Å². The maximum absolute atomic E-state index is 12.3. The zero-order chi connectivity index (χ0) is 19.1. The van der Waals surface area contributed by atoms with Gasteiger partial charge in [0.15, 0.2) is 0 Å². The Morgan fingerprint density at radius 1 is 1.11 bits per heavy atom. The van der Waals surface area contributed by atoms with Gasteiger partial charge in [0.25, 0.3) is 0 Å². The van der Waals surface area contributed by atoms with Crippen LogP contribution in [0.15, 0.2) is 48.5 Å². The third-order valence-corrected chi connectivity index (χ3v) is 4.93. The maximum atomic E-state index is 12.3. The molecule has 5 heteroatoms. The van der Waals surface area contributed by atoms with Crippen molar-refractivity contribution in [2.24, 2.45) is 5.92 Å². The lowest BCUT2D eigenvalue weighted by Crippen LogP contribution is -2.32. The number of rotatable bonds is 7. The van der Waals surface area contributed by atoms with E-state index in [0.717, 1.165) is 36.1 Å². The Kier molecular flexibility index (Phi) is 6.58. The summed E-state index contributed by atoms with van der Waals surface area (Å²) in [7, 11) is 0. The van der Waals surface area contributed by atoms with Gasteiger partial charge in [-0.25, -0.2) is 0 Å². The molecular formula is C22H29N3O2. The summed E-state index contributed by atoms with van der Waals surface area (Å²) in [6.45, 7) is 7.25. The molecule has 3 rings (SSSR count). The van der Waals surface area contributed by atoms with Crippen LogP contribution in [0.2, 0.25) is 0 Å². The molecule has 0 aliphatic carbocycles. The van der Waals surface area contributed by atoms with E-state index in [1.54, 1.807) is 0 Å². The van der Waals surface area contributed by atoms with E-state index in [2.05, 4.69) is 34.6 Å². The number of carbonyl (C=O) groups excluding carboxylic acids is 1. The van der Waals surface area contributed by atoms with E-state index in [-0.39, 0.29) is 12.5 Å². The van der Waals surface area contributed by atoms with E-state index >= 15 is 0 Å². The van der Waals surface area contributed by atoms with Crippen molar-refractivity contribution in [3.63, 3.8) is 0 Å². The number of anilines is 3. The highest BCUT2D eigenvalue weighted by atomic mass is 16.5. The third-order valence-electron chi connectivity index (χ3n) is 4.93. The lowest BCUT2D eigenvalue weighted by Gasteiger charge is -2.32. The van der Waals surface area contributed by atoms with Crippen LogP contribution in [-0.4, -0.2) is 32.1 Å². The first-order chi connectivity index (χ1) is 13.2. The summed E-state index contributed by atoms with van der Waals surface area (Å²) in [5.74, 6) is 1.49. The van der Waals surface area contributed by atoms with Crippen molar-refractivity contribution in [3.8, 4) is 5.75 Å². The fourth-order valence-corrected chi connectivity index (χ4v) is 3.30. The van der Waals surface area contributed by atoms with E-state index in [0.29, 0.717) is 6.61 Å². The van der Waals surface area contributed by atoms with Crippen molar-refractivity contribution in [1.82, 2.24) is 0 Å². The lowest BCUT2D eigenvalue weighted by atomic mass is 9.99. The van der Waals surface area contributed by atoms with Gasteiger partial charge in [0.2, 0.25) is 5.91 Å². The third kappa shape index (κ3) is 5.39. The van der Waals surface area contributed by atoms with E-state index in [1.807, 2.05) is 43.3 Å². The average Bonchev–Trinajstić information content (AvgIpc) is 2.69. The standard InChI is InChI=1S/C22H29N3O2/c1-3-27-21-7-5-4-6-20(21)23-16-22(26)24-18-8-10-19(11-9-18)25-14-12-17(2)13-15-25/h4-11,17,23H,3,12-16H2,1-2H3,(H,24,26). The van der Waals surface area contributed by atoms with E-state index in [1.165, 1.54) is 18.5 Å². The minimum absolute atomic E-state index is 0.0825. The summed E-state index contributed by atoms with van der Waals surface area (Å²) < 4.78 is 5.57. The molecule has 0 aromatic heterocycles. The molecule has 0 spiro atoms. The normalized spacial score (nSPS) is 14.7. The molecule has 1 saturated heterocycles.